The van der Waals surface area contributed by atoms with Crippen molar-refractivity contribution >= 4 is 17.1 Å². The van der Waals surface area contributed by atoms with Gasteiger partial charge in [0.2, 0.25) is 0 Å². The molecular weight excluding hydrogens is 530 g/mol. The van der Waals surface area contributed by atoms with Crippen molar-refractivity contribution in [1.82, 2.24) is 0 Å². The van der Waals surface area contributed by atoms with Crippen molar-refractivity contribution in [3.8, 4) is 33.4 Å². The summed E-state index contributed by atoms with van der Waals surface area (Å²) in [4.78, 5) is 2.37. The van der Waals surface area contributed by atoms with E-state index in [1.165, 1.54) is 55.6 Å². The molecular formula is C43H29N. The van der Waals surface area contributed by atoms with E-state index in [9.17, 15) is 0 Å². The SMILES string of the molecule is c1ccc(-c2ccc(N(c3ccccc3)c3ccc4c(c3)-c3ccccc3C43c4ccccc4-c4ccccc43)cc2)cc1. The Labute approximate surface area is 258 Å². The summed E-state index contributed by atoms with van der Waals surface area (Å²) in [6, 6.07) is 64.3. The van der Waals surface area contributed by atoms with Crippen LogP contribution in [0.3, 0.4) is 0 Å². The second kappa shape index (κ2) is 9.69. The van der Waals surface area contributed by atoms with Crippen LogP contribution in [0.2, 0.25) is 0 Å². The standard InChI is InChI=1S/C43H29N/c1-3-13-30(14-4-1)31-23-25-33(26-24-31)44(32-15-5-2-6-16-32)34-27-28-42-38(29-34)37-19-9-12-22-41(37)43(42)39-20-10-7-17-35(39)36-18-8-11-21-40(36)43/h1-29H. The van der Waals surface area contributed by atoms with E-state index in [4.69, 9.17) is 0 Å². The Balaban J connectivity index is 1.25. The highest BCUT2D eigenvalue weighted by Crippen LogP contribution is 2.63. The van der Waals surface area contributed by atoms with E-state index in [0.717, 1.165) is 17.1 Å². The van der Waals surface area contributed by atoms with Gasteiger partial charge in [0, 0.05) is 17.1 Å². The molecule has 1 nitrogen and oxygen atoms in total. The molecule has 0 fully saturated rings. The Hall–Kier alpha value is -5.66. The zero-order valence-electron chi connectivity index (χ0n) is 24.2. The second-order valence-corrected chi connectivity index (χ2v) is 11.7. The summed E-state index contributed by atoms with van der Waals surface area (Å²) in [6.45, 7) is 0. The molecule has 0 radical (unpaired) electrons. The maximum atomic E-state index is 2.41. The molecule has 0 atom stereocenters. The molecule has 9 rings (SSSR count). The van der Waals surface area contributed by atoms with Crippen LogP contribution in [0.4, 0.5) is 17.1 Å². The average Bonchev–Trinajstić information content (AvgIpc) is 3.57. The molecule has 0 N–H and O–H groups in total. The topological polar surface area (TPSA) is 3.24 Å². The largest absolute Gasteiger partial charge is 0.310 e. The van der Waals surface area contributed by atoms with Gasteiger partial charge in [0.05, 0.1) is 5.41 Å². The van der Waals surface area contributed by atoms with Crippen molar-refractivity contribution in [3.63, 3.8) is 0 Å². The molecule has 0 unspecified atom stereocenters. The third-order valence-electron chi connectivity index (χ3n) is 9.49. The van der Waals surface area contributed by atoms with Crippen LogP contribution in [-0.2, 0) is 5.41 Å². The van der Waals surface area contributed by atoms with Gasteiger partial charge < -0.3 is 4.90 Å². The third kappa shape index (κ3) is 3.47. The first-order chi connectivity index (χ1) is 21.8. The van der Waals surface area contributed by atoms with E-state index in [1.54, 1.807) is 0 Å². The van der Waals surface area contributed by atoms with Crippen LogP contribution in [0.1, 0.15) is 22.3 Å². The Morgan fingerprint density at radius 1 is 0.295 bits per heavy atom. The van der Waals surface area contributed by atoms with Crippen LogP contribution >= 0.6 is 0 Å². The Morgan fingerprint density at radius 3 is 1.30 bits per heavy atom. The highest BCUT2D eigenvalue weighted by Gasteiger charge is 2.51. The Bertz CT molecular complexity index is 2110. The van der Waals surface area contributed by atoms with Gasteiger partial charge in [0.25, 0.3) is 0 Å². The van der Waals surface area contributed by atoms with E-state index in [1.807, 2.05) is 0 Å². The van der Waals surface area contributed by atoms with E-state index in [0.29, 0.717) is 0 Å². The third-order valence-corrected chi connectivity index (χ3v) is 9.49. The van der Waals surface area contributed by atoms with Crippen molar-refractivity contribution in [2.24, 2.45) is 0 Å². The summed E-state index contributed by atoms with van der Waals surface area (Å²) in [5, 5.41) is 0. The number of para-hydroxylation sites is 1. The van der Waals surface area contributed by atoms with Gasteiger partial charge in [-0.2, -0.15) is 0 Å². The molecule has 0 aromatic heterocycles. The van der Waals surface area contributed by atoms with Gasteiger partial charge in [-0.05, 0) is 92.0 Å². The van der Waals surface area contributed by atoms with Crippen molar-refractivity contribution in [2.45, 2.75) is 5.41 Å². The lowest BCUT2D eigenvalue weighted by Gasteiger charge is -2.31. The molecule has 2 aliphatic carbocycles. The summed E-state index contributed by atoms with van der Waals surface area (Å²) < 4.78 is 0. The van der Waals surface area contributed by atoms with Crippen LogP contribution in [0.5, 0.6) is 0 Å². The second-order valence-electron chi connectivity index (χ2n) is 11.7. The molecule has 2 aliphatic rings. The fraction of sp³-hybridized carbons (Fsp3) is 0.0233. The number of rotatable bonds is 4. The van der Waals surface area contributed by atoms with Gasteiger partial charge in [-0.25, -0.2) is 0 Å². The molecule has 0 saturated carbocycles. The summed E-state index contributed by atoms with van der Waals surface area (Å²) in [5.74, 6) is 0. The van der Waals surface area contributed by atoms with E-state index >= 15 is 0 Å². The molecule has 0 amide bonds. The first kappa shape index (κ1) is 24.9. The quantitative estimate of drug-likeness (QED) is 0.207. The zero-order valence-corrected chi connectivity index (χ0v) is 24.2. The Kier molecular flexibility index (Phi) is 5.48. The predicted octanol–water partition coefficient (Wildman–Crippen LogP) is 11.2. The van der Waals surface area contributed by atoms with E-state index < -0.39 is 0 Å². The molecule has 206 valence electrons. The molecule has 1 spiro atoms. The summed E-state index contributed by atoms with van der Waals surface area (Å²) in [7, 11) is 0. The van der Waals surface area contributed by atoms with Gasteiger partial charge >= 0.3 is 0 Å². The number of benzene rings is 7. The van der Waals surface area contributed by atoms with Gasteiger partial charge in [-0.1, -0.05) is 140 Å². The van der Waals surface area contributed by atoms with Crippen molar-refractivity contribution in [1.29, 1.82) is 0 Å². The lowest BCUT2D eigenvalue weighted by atomic mass is 9.70. The van der Waals surface area contributed by atoms with Gasteiger partial charge in [-0.15, -0.1) is 0 Å². The smallest absolute Gasteiger partial charge is 0.0725 e. The normalized spacial score (nSPS) is 13.2. The van der Waals surface area contributed by atoms with E-state index in [-0.39, 0.29) is 5.41 Å². The van der Waals surface area contributed by atoms with Gasteiger partial charge in [-0.3, -0.25) is 0 Å². The minimum absolute atomic E-state index is 0.327. The Morgan fingerprint density at radius 2 is 0.705 bits per heavy atom. The molecule has 0 aliphatic heterocycles. The molecule has 1 heteroatoms. The van der Waals surface area contributed by atoms with Crippen molar-refractivity contribution in [3.05, 3.63) is 198 Å². The number of anilines is 3. The minimum atomic E-state index is -0.327. The van der Waals surface area contributed by atoms with Gasteiger partial charge in [0.15, 0.2) is 0 Å². The van der Waals surface area contributed by atoms with E-state index in [2.05, 4.69) is 181 Å². The highest BCUT2D eigenvalue weighted by molar-refractivity contribution is 5.96. The number of nitrogens with zero attached hydrogens (tertiary/aromatic N) is 1. The number of hydrogen-bond donors (Lipinski definition) is 0. The van der Waals surface area contributed by atoms with Crippen LogP contribution in [0.25, 0.3) is 33.4 Å². The average molecular weight is 560 g/mol. The lowest BCUT2D eigenvalue weighted by Crippen LogP contribution is -2.25. The maximum Gasteiger partial charge on any atom is 0.0725 e. The van der Waals surface area contributed by atoms with Crippen molar-refractivity contribution in [2.75, 3.05) is 4.90 Å². The molecule has 0 saturated heterocycles. The summed E-state index contributed by atoms with van der Waals surface area (Å²) >= 11 is 0. The first-order valence-corrected chi connectivity index (χ1v) is 15.3. The van der Waals surface area contributed by atoms with Gasteiger partial charge in [0.1, 0.15) is 0 Å². The van der Waals surface area contributed by atoms with Crippen LogP contribution in [0.15, 0.2) is 176 Å². The van der Waals surface area contributed by atoms with Crippen molar-refractivity contribution < 1.29 is 0 Å². The zero-order chi connectivity index (χ0) is 29.1. The summed E-state index contributed by atoms with van der Waals surface area (Å²) in [6.07, 6.45) is 0. The highest BCUT2D eigenvalue weighted by atomic mass is 15.1. The first-order valence-electron chi connectivity index (χ1n) is 15.3. The maximum absolute atomic E-state index is 2.41. The number of hydrogen-bond acceptors (Lipinski definition) is 1. The summed E-state index contributed by atoms with van der Waals surface area (Å²) in [5.41, 5.74) is 16.3. The van der Waals surface area contributed by atoms with Crippen LogP contribution in [0, 0.1) is 0 Å². The lowest BCUT2D eigenvalue weighted by molar-refractivity contribution is 0.794. The minimum Gasteiger partial charge on any atom is -0.310 e. The molecule has 7 aromatic rings. The monoisotopic (exact) mass is 559 g/mol. The molecule has 0 heterocycles. The fourth-order valence-corrected chi connectivity index (χ4v) is 7.68. The molecule has 7 aromatic carbocycles. The molecule has 44 heavy (non-hydrogen) atoms. The van der Waals surface area contributed by atoms with Crippen LogP contribution < -0.4 is 4.90 Å². The fourth-order valence-electron chi connectivity index (χ4n) is 7.68. The number of fused-ring (bicyclic) bond motifs is 10. The predicted molar refractivity (Wildman–Crippen MR) is 183 cm³/mol. The molecule has 0 bridgehead atoms. The van der Waals surface area contributed by atoms with Crippen LogP contribution in [-0.4, -0.2) is 0 Å².